The predicted molar refractivity (Wildman–Crippen MR) is 63.4 cm³/mol. The topological polar surface area (TPSA) is 59.5 Å². The number of rotatable bonds is 3. The molecule has 2 heterocycles. The zero-order valence-corrected chi connectivity index (χ0v) is 10.9. The van der Waals surface area contributed by atoms with Gasteiger partial charge in [0.25, 0.3) is 0 Å². The molecule has 1 aliphatic heterocycles. The van der Waals surface area contributed by atoms with Crippen LogP contribution in [-0.4, -0.2) is 44.0 Å². The zero-order chi connectivity index (χ0) is 12.5. The van der Waals surface area contributed by atoms with Crippen LogP contribution in [0.2, 0.25) is 5.15 Å². The Morgan fingerprint density at radius 2 is 2.35 bits per heavy atom. The van der Waals surface area contributed by atoms with Gasteiger partial charge in [-0.3, -0.25) is 0 Å². The Balaban J connectivity index is 2.29. The lowest BCUT2D eigenvalue weighted by atomic mass is 10.3. The van der Waals surface area contributed by atoms with Crippen LogP contribution < -0.4 is 0 Å². The van der Waals surface area contributed by atoms with E-state index in [9.17, 15) is 8.42 Å². The molecule has 0 aliphatic carbocycles. The fourth-order valence-electron chi connectivity index (χ4n) is 1.72. The Hall–Kier alpha value is -0.690. The molecule has 1 aromatic rings. The molecule has 1 saturated heterocycles. The number of nitrogens with zero attached hydrogens (tertiary/aromatic N) is 2. The molecule has 1 fully saturated rings. The number of likely N-dealkylation sites (N-methyl/N-ethyl adjacent to an activating group) is 1. The molecule has 1 aromatic heterocycles. The number of sulfonamides is 1. The summed E-state index contributed by atoms with van der Waals surface area (Å²) in [6, 6.07) is 2.68. The van der Waals surface area contributed by atoms with Gasteiger partial charge < -0.3 is 4.74 Å². The molecule has 17 heavy (non-hydrogen) atoms. The van der Waals surface area contributed by atoms with Crippen molar-refractivity contribution in [3.8, 4) is 0 Å². The van der Waals surface area contributed by atoms with E-state index in [0.29, 0.717) is 19.6 Å². The standard InChI is InChI=1S/C10H13ClN2O3S/c1-13(8-3-5-16-7-8)17(14,15)9-2-4-12-10(11)6-9/h2,4,6,8H,3,5,7H2,1H3. The van der Waals surface area contributed by atoms with E-state index in [1.807, 2.05) is 0 Å². The second-order valence-electron chi connectivity index (χ2n) is 3.85. The Morgan fingerprint density at radius 3 is 2.94 bits per heavy atom. The minimum absolute atomic E-state index is 0.105. The molecule has 0 radical (unpaired) electrons. The van der Waals surface area contributed by atoms with Gasteiger partial charge in [0.1, 0.15) is 5.15 Å². The summed E-state index contributed by atoms with van der Waals surface area (Å²) in [7, 11) is -1.96. The quantitative estimate of drug-likeness (QED) is 0.777. The molecular weight excluding hydrogens is 264 g/mol. The van der Waals surface area contributed by atoms with Crippen LogP contribution in [0.1, 0.15) is 6.42 Å². The van der Waals surface area contributed by atoms with Crippen LogP contribution in [0.3, 0.4) is 0 Å². The van der Waals surface area contributed by atoms with E-state index >= 15 is 0 Å². The van der Waals surface area contributed by atoms with Crippen molar-refractivity contribution in [2.24, 2.45) is 0 Å². The molecular formula is C10H13ClN2O3S. The normalized spacial score (nSPS) is 21.0. The molecule has 0 aromatic carbocycles. The maximum absolute atomic E-state index is 12.3. The summed E-state index contributed by atoms with van der Waals surface area (Å²) < 4.78 is 31.0. The number of hydrogen-bond acceptors (Lipinski definition) is 4. The molecule has 1 atom stereocenters. The highest BCUT2D eigenvalue weighted by atomic mass is 35.5. The second kappa shape index (κ2) is 4.89. The van der Waals surface area contributed by atoms with Crippen LogP contribution in [0.15, 0.2) is 23.2 Å². The van der Waals surface area contributed by atoms with Crippen LogP contribution in [-0.2, 0) is 14.8 Å². The van der Waals surface area contributed by atoms with Gasteiger partial charge in [0.05, 0.1) is 17.5 Å². The van der Waals surface area contributed by atoms with Gasteiger partial charge in [-0.2, -0.15) is 4.31 Å². The summed E-state index contributed by atoms with van der Waals surface area (Å²) >= 11 is 5.70. The fraction of sp³-hybridized carbons (Fsp3) is 0.500. The number of aromatic nitrogens is 1. The van der Waals surface area contributed by atoms with Crippen LogP contribution in [0.5, 0.6) is 0 Å². The van der Waals surface area contributed by atoms with E-state index < -0.39 is 10.0 Å². The van der Waals surface area contributed by atoms with Crippen LogP contribution in [0, 0.1) is 0 Å². The van der Waals surface area contributed by atoms with Gasteiger partial charge in [0, 0.05) is 19.9 Å². The molecule has 0 bridgehead atoms. The smallest absolute Gasteiger partial charge is 0.243 e. The third kappa shape index (κ3) is 2.60. The summed E-state index contributed by atoms with van der Waals surface area (Å²) in [4.78, 5) is 3.93. The Bertz CT molecular complexity index is 500. The largest absolute Gasteiger partial charge is 0.380 e. The third-order valence-corrected chi connectivity index (χ3v) is 4.91. The lowest BCUT2D eigenvalue weighted by molar-refractivity contribution is 0.181. The van der Waals surface area contributed by atoms with Gasteiger partial charge in [0.2, 0.25) is 10.0 Å². The van der Waals surface area contributed by atoms with E-state index in [2.05, 4.69) is 4.98 Å². The van der Waals surface area contributed by atoms with E-state index in [1.54, 1.807) is 7.05 Å². The summed E-state index contributed by atoms with van der Waals surface area (Å²) in [6.07, 6.45) is 2.10. The Morgan fingerprint density at radius 1 is 1.59 bits per heavy atom. The molecule has 0 saturated carbocycles. The van der Waals surface area contributed by atoms with Gasteiger partial charge in [-0.05, 0) is 18.6 Å². The van der Waals surface area contributed by atoms with Gasteiger partial charge >= 0.3 is 0 Å². The summed E-state index contributed by atoms with van der Waals surface area (Å²) in [5.41, 5.74) is 0. The molecule has 0 amide bonds. The maximum atomic E-state index is 12.3. The van der Waals surface area contributed by atoms with Gasteiger partial charge in [0.15, 0.2) is 0 Å². The maximum Gasteiger partial charge on any atom is 0.243 e. The number of halogens is 1. The van der Waals surface area contributed by atoms with Crippen molar-refractivity contribution in [2.75, 3.05) is 20.3 Å². The molecule has 1 aliphatic rings. The van der Waals surface area contributed by atoms with Gasteiger partial charge in [-0.25, -0.2) is 13.4 Å². The molecule has 0 spiro atoms. The highest BCUT2D eigenvalue weighted by molar-refractivity contribution is 7.89. The minimum Gasteiger partial charge on any atom is -0.380 e. The molecule has 1 unspecified atom stereocenters. The number of hydrogen-bond donors (Lipinski definition) is 0. The monoisotopic (exact) mass is 276 g/mol. The molecule has 5 nitrogen and oxygen atoms in total. The highest BCUT2D eigenvalue weighted by Crippen LogP contribution is 2.21. The number of pyridine rings is 1. The van der Waals surface area contributed by atoms with E-state index in [0.717, 1.165) is 0 Å². The third-order valence-electron chi connectivity index (χ3n) is 2.79. The second-order valence-corrected chi connectivity index (χ2v) is 6.24. The minimum atomic E-state index is -3.52. The average Bonchev–Trinajstić information content (AvgIpc) is 2.81. The van der Waals surface area contributed by atoms with Crippen molar-refractivity contribution >= 4 is 21.6 Å². The van der Waals surface area contributed by atoms with E-state index in [4.69, 9.17) is 16.3 Å². The van der Waals surface area contributed by atoms with Crippen molar-refractivity contribution in [3.05, 3.63) is 23.5 Å². The van der Waals surface area contributed by atoms with E-state index in [-0.39, 0.29) is 16.1 Å². The van der Waals surface area contributed by atoms with E-state index in [1.165, 1.54) is 22.6 Å². The average molecular weight is 277 g/mol. The van der Waals surface area contributed by atoms with Gasteiger partial charge in [-0.15, -0.1) is 0 Å². The number of ether oxygens (including phenoxy) is 1. The van der Waals surface area contributed by atoms with Gasteiger partial charge in [-0.1, -0.05) is 11.6 Å². The highest BCUT2D eigenvalue weighted by Gasteiger charge is 2.30. The first-order valence-electron chi connectivity index (χ1n) is 5.19. The Labute approximate surface area is 105 Å². The van der Waals surface area contributed by atoms with Crippen molar-refractivity contribution in [1.29, 1.82) is 0 Å². The first-order chi connectivity index (χ1) is 8.01. The van der Waals surface area contributed by atoms with Crippen molar-refractivity contribution < 1.29 is 13.2 Å². The van der Waals surface area contributed by atoms with Crippen LogP contribution in [0.4, 0.5) is 0 Å². The first-order valence-corrected chi connectivity index (χ1v) is 7.01. The van der Waals surface area contributed by atoms with Crippen molar-refractivity contribution in [1.82, 2.24) is 9.29 Å². The molecule has 7 heteroatoms. The summed E-state index contributed by atoms with van der Waals surface area (Å²) in [5.74, 6) is 0. The fourth-order valence-corrected chi connectivity index (χ4v) is 3.34. The lowest BCUT2D eigenvalue weighted by Crippen LogP contribution is -2.37. The Kier molecular flexibility index (Phi) is 3.67. The summed E-state index contributed by atoms with van der Waals surface area (Å²) in [6.45, 7) is 1.04. The summed E-state index contributed by atoms with van der Waals surface area (Å²) in [5, 5.41) is 0.169. The predicted octanol–water partition coefficient (Wildman–Crippen LogP) is 1.14. The van der Waals surface area contributed by atoms with Crippen LogP contribution >= 0.6 is 11.6 Å². The first kappa shape index (κ1) is 12.8. The SMILES string of the molecule is CN(C1CCOC1)S(=O)(=O)c1ccnc(Cl)c1. The van der Waals surface area contributed by atoms with Crippen LogP contribution in [0.25, 0.3) is 0 Å². The lowest BCUT2D eigenvalue weighted by Gasteiger charge is -2.22. The van der Waals surface area contributed by atoms with Crippen molar-refractivity contribution in [3.63, 3.8) is 0 Å². The molecule has 94 valence electrons. The molecule has 0 N–H and O–H groups in total. The zero-order valence-electron chi connectivity index (χ0n) is 9.34. The molecule has 2 rings (SSSR count). The van der Waals surface area contributed by atoms with Crippen molar-refractivity contribution in [2.45, 2.75) is 17.4 Å².